The summed E-state index contributed by atoms with van der Waals surface area (Å²) in [5, 5.41) is 20.7. The third kappa shape index (κ3) is 5.83. The molecule has 0 aliphatic rings. The number of nitrogens with two attached hydrogens (primary N) is 1. The Bertz CT molecular complexity index is 485. The summed E-state index contributed by atoms with van der Waals surface area (Å²) < 4.78 is 0. The van der Waals surface area contributed by atoms with Crippen LogP contribution < -0.4 is 11.1 Å². The number of aromatic hydroxyl groups is 1. The van der Waals surface area contributed by atoms with Crippen LogP contribution in [0.25, 0.3) is 0 Å². The van der Waals surface area contributed by atoms with E-state index in [-0.39, 0.29) is 18.1 Å². The average molecular weight is 294 g/mol. The third-order valence-electron chi connectivity index (χ3n) is 3.05. The maximum absolute atomic E-state index is 12.0. The molecule has 0 fully saturated rings. The monoisotopic (exact) mass is 294 g/mol. The molecular formula is C15H22N2O4. The van der Waals surface area contributed by atoms with E-state index in [4.69, 9.17) is 10.8 Å². The summed E-state index contributed by atoms with van der Waals surface area (Å²) in [6, 6.07) is 4.61. The molecule has 1 rings (SSSR count). The Morgan fingerprint density at radius 3 is 2.29 bits per heavy atom. The van der Waals surface area contributed by atoms with Gasteiger partial charge < -0.3 is 21.3 Å². The molecule has 1 aromatic carbocycles. The fraction of sp³-hybridized carbons (Fsp3) is 0.467. The van der Waals surface area contributed by atoms with Gasteiger partial charge in [-0.05, 0) is 36.5 Å². The standard InChI is InChI=1S/C15H22N2O4/c1-9(2)7-13(15(20)21)17-14(19)12(16)8-10-3-5-11(18)6-4-10/h3-6,9,12-13,18H,7-8,16H2,1-2H3,(H,17,19)(H,20,21)/t12?,13-/m1/s1. The van der Waals surface area contributed by atoms with Crippen molar-refractivity contribution in [1.82, 2.24) is 5.32 Å². The highest BCUT2D eigenvalue weighted by atomic mass is 16.4. The number of rotatable bonds is 7. The zero-order chi connectivity index (χ0) is 16.0. The fourth-order valence-electron chi connectivity index (χ4n) is 1.95. The highest BCUT2D eigenvalue weighted by molar-refractivity contribution is 5.86. The number of carbonyl (C=O) groups excluding carboxylic acids is 1. The Hall–Kier alpha value is -2.08. The number of hydrogen-bond donors (Lipinski definition) is 4. The fourth-order valence-corrected chi connectivity index (χ4v) is 1.95. The number of hydrogen-bond acceptors (Lipinski definition) is 4. The summed E-state index contributed by atoms with van der Waals surface area (Å²) >= 11 is 0. The van der Waals surface area contributed by atoms with E-state index in [9.17, 15) is 14.7 Å². The number of carboxylic acids is 1. The van der Waals surface area contributed by atoms with Crippen molar-refractivity contribution < 1.29 is 19.8 Å². The third-order valence-corrected chi connectivity index (χ3v) is 3.05. The van der Waals surface area contributed by atoms with Crippen molar-refractivity contribution >= 4 is 11.9 Å². The molecule has 0 heterocycles. The van der Waals surface area contributed by atoms with Crippen molar-refractivity contribution in [3.05, 3.63) is 29.8 Å². The first-order valence-electron chi connectivity index (χ1n) is 6.86. The molecule has 6 heteroatoms. The van der Waals surface area contributed by atoms with Gasteiger partial charge in [-0.25, -0.2) is 4.79 Å². The zero-order valence-electron chi connectivity index (χ0n) is 12.2. The van der Waals surface area contributed by atoms with Gasteiger partial charge in [-0.1, -0.05) is 26.0 Å². The second-order valence-electron chi connectivity index (χ2n) is 5.51. The molecule has 1 aromatic rings. The number of benzene rings is 1. The van der Waals surface area contributed by atoms with Crippen LogP contribution in [0, 0.1) is 5.92 Å². The first-order valence-corrected chi connectivity index (χ1v) is 6.86. The molecule has 0 saturated carbocycles. The number of nitrogens with one attached hydrogen (secondary N) is 1. The smallest absolute Gasteiger partial charge is 0.326 e. The van der Waals surface area contributed by atoms with Gasteiger partial charge in [-0.2, -0.15) is 0 Å². The van der Waals surface area contributed by atoms with Gasteiger partial charge >= 0.3 is 5.97 Å². The average Bonchev–Trinajstić information content (AvgIpc) is 2.39. The predicted molar refractivity (Wildman–Crippen MR) is 78.8 cm³/mol. The summed E-state index contributed by atoms with van der Waals surface area (Å²) in [6.45, 7) is 3.77. The van der Waals surface area contributed by atoms with E-state index in [1.165, 1.54) is 12.1 Å². The molecule has 0 spiro atoms. The first-order chi connectivity index (χ1) is 9.79. The van der Waals surface area contributed by atoms with Crippen LogP contribution >= 0.6 is 0 Å². The molecule has 0 aliphatic carbocycles. The second-order valence-corrected chi connectivity index (χ2v) is 5.51. The minimum Gasteiger partial charge on any atom is -0.508 e. The van der Waals surface area contributed by atoms with Gasteiger partial charge in [0.15, 0.2) is 0 Å². The van der Waals surface area contributed by atoms with Crippen LogP contribution in [0.5, 0.6) is 5.75 Å². The SMILES string of the molecule is CC(C)C[C@@H](NC(=O)C(N)Cc1ccc(O)cc1)C(=O)O. The van der Waals surface area contributed by atoms with Crippen molar-refractivity contribution in [3.63, 3.8) is 0 Å². The molecule has 21 heavy (non-hydrogen) atoms. The lowest BCUT2D eigenvalue weighted by atomic mass is 10.0. The topological polar surface area (TPSA) is 113 Å². The maximum Gasteiger partial charge on any atom is 0.326 e. The van der Waals surface area contributed by atoms with Gasteiger partial charge in [0.05, 0.1) is 6.04 Å². The molecule has 5 N–H and O–H groups in total. The van der Waals surface area contributed by atoms with Crippen LogP contribution in [0.2, 0.25) is 0 Å². The normalized spacial score (nSPS) is 13.7. The van der Waals surface area contributed by atoms with E-state index >= 15 is 0 Å². The Kier molecular flexibility index (Phi) is 6.17. The highest BCUT2D eigenvalue weighted by Gasteiger charge is 2.24. The molecule has 0 aromatic heterocycles. The number of phenolic OH excluding ortho intramolecular Hbond substituents is 1. The Morgan fingerprint density at radius 1 is 1.24 bits per heavy atom. The summed E-state index contributed by atoms with van der Waals surface area (Å²) in [7, 11) is 0. The van der Waals surface area contributed by atoms with Gasteiger partial charge in [0.25, 0.3) is 0 Å². The Balaban J connectivity index is 2.60. The van der Waals surface area contributed by atoms with Gasteiger partial charge in [0.1, 0.15) is 11.8 Å². The molecule has 0 bridgehead atoms. The summed E-state index contributed by atoms with van der Waals surface area (Å²) in [5.74, 6) is -1.26. The minimum absolute atomic E-state index is 0.139. The van der Waals surface area contributed by atoms with Crippen LogP contribution in [-0.2, 0) is 16.0 Å². The Labute approximate surface area is 124 Å². The van der Waals surface area contributed by atoms with Crippen molar-refractivity contribution in [2.75, 3.05) is 0 Å². The first kappa shape index (κ1) is 17.0. The number of aliphatic carboxylic acids is 1. The van der Waals surface area contributed by atoms with E-state index in [0.717, 1.165) is 5.56 Å². The van der Waals surface area contributed by atoms with Crippen molar-refractivity contribution in [3.8, 4) is 5.75 Å². The maximum atomic E-state index is 12.0. The van der Waals surface area contributed by atoms with Crippen LogP contribution in [0.15, 0.2) is 24.3 Å². The largest absolute Gasteiger partial charge is 0.508 e. The van der Waals surface area contributed by atoms with Crippen molar-refractivity contribution in [2.45, 2.75) is 38.8 Å². The van der Waals surface area contributed by atoms with E-state index in [2.05, 4.69) is 5.32 Å². The number of amides is 1. The molecule has 0 radical (unpaired) electrons. The molecule has 1 amide bonds. The quantitative estimate of drug-likeness (QED) is 0.596. The molecular weight excluding hydrogens is 272 g/mol. The highest BCUT2D eigenvalue weighted by Crippen LogP contribution is 2.11. The molecule has 1 unspecified atom stereocenters. The van der Waals surface area contributed by atoms with Crippen molar-refractivity contribution in [2.24, 2.45) is 11.7 Å². The van der Waals surface area contributed by atoms with E-state index in [0.29, 0.717) is 6.42 Å². The number of phenols is 1. The second kappa shape index (κ2) is 7.64. The lowest BCUT2D eigenvalue weighted by Gasteiger charge is -2.19. The molecule has 6 nitrogen and oxygen atoms in total. The molecule has 116 valence electrons. The zero-order valence-corrected chi connectivity index (χ0v) is 12.2. The Morgan fingerprint density at radius 2 is 1.81 bits per heavy atom. The predicted octanol–water partition coefficient (Wildman–Crippen LogP) is 0.877. The van der Waals surface area contributed by atoms with E-state index in [1.54, 1.807) is 12.1 Å². The van der Waals surface area contributed by atoms with E-state index < -0.39 is 24.0 Å². The minimum atomic E-state index is -1.06. The van der Waals surface area contributed by atoms with Gasteiger partial charge in [-0.3, -0.25) is 4.79 Å². The van der Waals surface area contributed by atoms with Crippen LogP contribution in [0.3, 0.4) is 0 Å². The van der Waals surface area contributed by atoms with Gasteiger partial charge in [0, 0.05) is 0 Å². The van der Waals surface area contributed by atoms with Crippen LogP contribution in [0.1, 0.15) is 25.8 Å². The molecule has 2 atom stereocenters. The van der Waals surface area contributed by atoms with Crippen LogP contribution in [-0.4, -0.2) is 34.2 Å². The van der Waals surface area contributed by atoms with E-state index in [1.807, 2.05) is 13.8 Å². The van der Waals surface area contributed by atoms with Gasteiger partial charge in [0.2, 0.25) is 5.91 Å². The lowest BCUT2D eigenvalue weighted by Crippen LogP contribution is -2.49. The summed E-state index contributed by atoms with van der Waals surface area (Å²) in [4.78, 5) is 23.1. The van der Waals surface area contributed by atoms with Crippen LogP contribution in [0.4, 0.5) is 0 Å². The summed E-state index contributed by atoms with van der Waals surface area (Å²) in [5.41, 5.74) is 6.60. The molecule has 0 saturated heterocycles. The van der Waals surface area contributed by atoms with Crippen molar-refractivity contribution in [1.29, 1.82) is 0 Å². The number of carboxylic acid groups (broad SMARTS) is 1. The summed E-state index contributed by atoms with van der Waals surface area (Å²) in [6.07, 6.45) is 0.632. The molecule has 0 aliphatic heterocycles. The lowest BCUT2D eigenvalue weighted by molar-refractivity contribution is -0.142. The van der Waals surface area contributed by atoms with Gasteiger partial charge in [-0.15, -0.1) is 0 Å². The number of carbonyl (C=O) groups is 2.